The van der Waals surface area contributed by atoms with Crippen LogP contribution in [0.1, 0.15) is 40.0 Å². The number of aromatic amines is 1. The molecule has 0 unspecified atom stereocenters. The lowest BCUT2D eigenvalue weighted by Gasteiger charge is -2.37. The number of halogens is 6. The Morgan fingerprint density at radius 1 is 1.06 bits per heavy atom. The van der Waals surface area contributed by atoms with Gasteiger partial charge in [-0.1, -0.05) is 0 Å². The van der Waals surface area contributed by atoms with Gasteiger partial charge in [-0.3, -0.25) is 9.89 Å². The first-order valence-electron chi connectivity index (χ1n) is 10.8. The van der Waals surface area contributed by atoms with Crippen molar-refractivity contribution in [2.75, 3.05) is 25.0 Å². The molecule has 1 fully saturated rings. The van der Waals surface area contributed by atoms with E-state index < -0.39 is 23.3 Å². The summed E-state index contributed by atoms with van der Waals surface area (Å²) in [5.74, 6) is -0.309. The molecule has 36 heavy (non-hydrogen) atoms. The van der Waals surface area contributed by atoms with Gasteiger partial charge < -0.3 is 9.80 Å². The molecule has 4 rings (SSSR count). The summed E-state index contributed by atoms with van der Waals surface area (Å²) in [6.07, 6.45) is -2.62. The Labute approximate surface area is 218 Å². The summed E-state index contributed by atoms with van der Waals surface area (Å²) in [6, 6.07) is 5.86. The van der Waals surface area contributed by atoms with E-state index in [0.29, 0.717) is 31.6 Å². The van der Waals surface area contributed by atoms with Crippen molar-refractivity contribution in [3.05, 3.63) is 58.7 Å². The summed E-state index contributed by atoms with van der Waals surface area (Å²) >= 11 is 0. The van der Waals surface area contributed by atoms with Gasteiger partial charge in [0.25, 0.3) is 5.91 Å². The fourth-order valence-corrected chi connectivity index (χ4v) is 4.26. The fraction of sp³-hybridized carbons (Fsp3) is 0.391. The standard InChI is InChI=1S/C23H24F4N6O.2ClH/c1-13-14(2)21(31-29-19(13)15-4-6-16(24)7-5-15)33-10-8-17(9-11-33)32(3)22(34)18-12-28-30-20(18)23(25,26)27;;/h4-7,12,17H,8-11H2,1-3H3,(H,28,30);2*1H. The van der Waals surface area contributed by atoms with Crippen molar-refractivity contribution in [1.82, 2.24) is 25.3 Å². The molecule has 0 bridgehead atoms. The minimum Gasteiger partial charge on any atom is -0.355 e. The van der Waals surface area contributed by atoms with Crippen LogP contribution >= 0.6 is 24.8 Å². The zero-order valence-electron chi connectivity index (χ0n) is 19.8. The number of alkyl halides is 3. The molecule has 13 heteroatoms. The van der Waals surface area contributed by atoms with E-state index in [4.69, 9.17) is 0 Å². The number of aromatic nitrogens is 4. The van der Waals surface area contributed by atoms with Crippen LogP contribution in [0.2, 0.25) is 0 Å². The fourth-order valence-electron chi connectivity index (χ4n) is 4.26. The summed E-state index contributed by atoms with van der Waals surface area (Å²) in [6.45, 7) is 5.04. The number of H-pyrrole nitrogens is 1. The van der Waals surface area contributed by atoms with Crippen LogP contribution < -0.4 is 4.90 Å². The van der Waals surface area contributed by atoms with Gasteiger partial charge in [-0.25, -0.2) is 4.39 Å². The van der Waals surface area contributed by atoms with Gasteiger partial charge >= 0.3 is 6.18 Å². The molecule has 7 nitrogen and oxygen atoms in total. The highest BCUT2D eigenvalue weighted by Gasteiger charge is 2.39. The maximum absolute atomic E-state index is 13.3. The van der Waals surface area contributed by atoms with E-state index in [9.17, 15) is 22.4 Å². The molecule has 0 aliphatic carbocycles. The molecule has 3 heterocycles. The van der Waals surface area contributed by atoms with Crippen molar-refractivity contribution in [2.45, 2.75) is 38.9 Å². The summed E-state index contributed by atoms with van der Waals surface area (Å²) in [4.78, 5) is 16.1. The number of carbonyl (C=O) groups excluding carboxylic acids is 1. The largest absolute Gasteiger partial charge is 0.433 e. The molecule has 1 aromatic carbocycles. The van der Waals surface area contributed by atoms with Crippen LogP contribution in [0.3, 0.4) is 0 Å². The highest BCUT2D eigenvalue weighted by molar-refractivity contribution is 5.95. The number of nitrogens with zero attached hydrogens (tertiary/aromatic N) is 5. The van der Waals surface area contributed by atoms with Gasteiger partial charge in [0.2, 0.25) is 0 Å². The first-order valence-corrected chi connectivity index (χ1v) is 10.8. The van der Waals surface area contributed by atoms with Crippen LogP contribution in [0.5, 0.6) is 0 Å². The third kappa shape index (κ3) is 5.73. The van der Waals surface area contributed by atoms with E-state index in [1.54, 1.807) is 12.1 Å². The van der Waals surface area contributed by atoms with Crippen LogP contribution in [0.25, 0.3) is 11.3 Å². The summed E-state index contributed by atoms with van der Waals surface area (Å²) < 4.78 is 52.7. The summed E-state index contributed by atoms with van der Waals surface area (Å²) in [5, 5.41) is 14.1. The van der Waals surface area contributed by atoms with Gasteiger partial charge in [-0.15, -0.1) is 35.0 Å². The molecule has 196 valence electrons. The predicted molar refractivity (Wildman–Crippen MR) is 132 cm³/mol. The maximum Gasteiger partial charge on any atom is 0.433 e. The van der Waals surface area contributed by atoms with Crippen LogP contribution in [-0.4, -0.2) is 57.4 Å². The van der Waals surface area contributed by atoms with Crippen molar-refractivity contribution in [2.24, 2.45) is 0 Å². The van der Waals surface area contributed by atoms with E-state index in [0.717, 1.165) is 28.7 Å². The summed E-state index contributed by atoms with van der Waals surface area (Å²) in [5.41, 5.74) is 1.73. The third-order valence-electron chi connectivity index (χ3n) is 6.40. The van der Waals surface area contributed by atoms with Gasteiger partial charge in [-0.05, 0) is 62.1 Å². The second kappa shape index (κ2) is 11.4. The normalized spacial score (nSPS) is 14.1. The quantitative estimate of drug-likeness (QED) is 0.452. The number of piperidine rings is 1. The minimum absolute atomic E-state index is 0. The molecular formula is C23H26Cl2F4N6O. The molecule has 2 aromatic heterocycles. The molecule has 1 aliphatic heterocycles. The molecule has 0 radical (unpaired) electrons. The van der Waals surface area contributed by atoms with Crippen LogP contribution in [-0.2, 0) is 6.18 Å². The van der Waals surface area contributed by atoms with E-state index in [1.807, 2.05) is 18.9 Å². The molecule has 0 atom stereocenters. The number of benzene rings is 1. The zero-order valence-corrected chi connectivity index (χ0v) is 21.4. The van der Waals surface area contributed by atoms with Gasteiger partial charge in [0.1, 0.15) is 5.82 Å². The lowest BCUT2D eigenvalue weighted by molar-refractivity contribution is -0.141. The molecule has 1 N–H and O–H groups in total. The van der Waals surface area contributed by atoms with Crippen molar-refractivity contribution in [3.8, 4) is 11.3 Å². The molecule has 3 aromatic rings. The zero-order chi connectivity index (χ0) is 24.6. The SMILES string of the molecule is Cc1c(-c2ccc(F)cc2)nnc(N2CCC(N(C)C(=O)c3cn[nH]c3C(F)(F)F)CC2)c1C.Cl.Cl. The molecule has 0 saturated carbocycles. The smallest absolute Gasteiger partial charge is 0.355 e. The van der Waals surface area contributed by atoms with Gasteiger partial charge in [-0.2, -0.15) is 18.3 Å². The average Bonchev–Trinajstić information content (AvgIpc) is 3.32. The first-order chi connectivity index (χ1) is 16.1. The molecule has 1 saturated heterocycles. The second-order valence-electron chi connectivity index (χ2n) is 8.42. The number of anilines is 1. The number of amides is 1. The van der Waals surface area contributed by atoms with Crippen molar-refractivity contribution >= 4 is 36.5 Å². The molecule has 1 aliphatic rings. The Bertz CT molecular complexity index is 1190. The topological polar surface area (TPSA) is 78.0 Å². The Hall–Kier alpha value is -2.92. The van der Waals surface area contributed by atoms with E-state index in [1.165, 1.54) is 24.1 Å². The van der Waals surface area contributed by atoms with E-state index in [-0.39, 0.29) is 36.7 Å². The highest BCUT2D eigenvalue weighted by atomic mass is 35.5. The first kappa shape index (κ1) is 29.3. The Morgan fingerprint density at radius 3 is 2.25 bits per heavy atom. The van der Waals surface area contributed by atoms with Gasteiger partial charge in [0, 0.05) is 31.7 Å². The monoisotopic (exact) mass is 548 g/mol. The molecule has 1 amide bonds. The number of hydrogen-bond donors (Lipinski definition) is 1. The molecular weight excluding hydrogens is 523 g/mol. The van der Waals surface area contributed by atoms with Crippen molar-refractivity contribution in [3.63, 3.8) is 0 Å². The number of nitrogens with one attached hydrogen (secondary N) is 1. The number of rotatable bonds is 4. The summed E-state index contributed by atoms with van der Waals surface area (Å²) in [7, 11) is 1.52. The maximum atomic E-state index is 13.3. The van der Waals surface area contributed by atoms with E-state index >= 15 is 0 Å². The van der Waals surface area contributed by atoms with Crippen LogP contribution in [0, 0.1) is 19.7 Å². The van der Waals surface area contributed by atoms with Gasteiger partial charge in [0.05, 0.1) is 17.5 Å². The Kier molecular flexibility index (Phi) is 9.30. The van der Waals surface area contributed by atoms with Crippen LogP contribution in [0.15, 0.2) is 30.5 Å². The number of hydrogen-bond acceptors (Lipinski definition) is 5. The second-order valence-corrected chi connectivity index (χ2v) is 8.42. The lowest BCUT2D eigenvalue weighted by atomic mass is 10.0. The Balaban J connectivity index is 0.00000228. The number of carbonyl (C=O) groups is 1. The van der Waals surface area contributed by atoms with E-state index in [2.05, 4.69) is 20.2 Å². The lowest BCUT2D eigenvalue weighted by Crippen LogP contribution is -2.46. The molecule has 0 spiro atoms. The van der Waals surface area contributed by atoms with Crippen molar-refractivity contribution in [1.29, 1.82) is 0 Å². The third-order valence-corrected chi connectivity index (χ3v) is 6.40. The van der Waals surface area contributed by atoms with Crippen molar-refractivity contribution < 1.29 is 22.4 Å². The average molecular weight is 549 g/mol. The van der Waals surface area contributed by atoms with Gasteiger partial charge in [0.15, 0.2) is 11.5 Å². The highest BCUT2D eigenvalue weighted by Crippen LogP contribution is 2.32. The Morgan fingerprint density at radius 2 is 1.67 bits per heavy atom. The minimum atomic E-state index is -4.68. The van der Waals surface area contributed by atoms with Crippen LogP contribution in [0.4, 0.5) is 23.4 Å². The predicted octanol–water partition coefficient (Wildman–Crippen LogP) is 5.23.